The number of hydrogen-bond acceptors (Lipinski definition) is 5. The number of halogens is 2. The second-order valence-electron chi connectivity index (χ2n) is 8.66. The van der Waals surface area contributed by atoms with E-state index in [0.29, 0.717) is 37.1 Å². The number of pyridine rings is 1. The molecule has 1 saturated heterocycles. The third-order valence-electron chi connectivity index (χ3n) is 6.45. The molecule has 10 heteroatoms. The number of hydrogen-bond donors (Lipinski definition) is 1. The first-order valence-corrected chi connectivity index (χ1v) is 11.9. The van der Waals surface area contributed by atoms with Gasteiger partial charge in [-0.3, -0.25) is 9.20 Å². The van der Waals surface area contributed by atoms with Gasteiger partial charge in [0.15, 0.2) is 0 Å². The number of carbonyl (C=O) groups excluding carboxylic acids is 1. The first-order valence-electron chi connectivity index (χ1n) is 10.4. The van der Waals surface area contributed by atoms with Crippen LogP contribution in [-0.4, -0.2) is 35.0 Å². The Morgan fingerprint density at radius 3 is 2.75 bits per heavy atom. The van der Waals surface area contributed by atoms with Gasteiger partial charge in [-0.05, 0) is 62.9 Å². The Bertz CT molecular complexity index is 1330. The van der Waals surface area contributed by atoms with E-state index in [0.717, 1.165) is 18.6 Å². The van der Waals surface area contributed by atoms with E-state index in [2.05, 4.69) is 9.71 Å². The smallest absolute Gasteiger partial charge is 0.283 e. The standard InChI is InChI=1S/C22H22F2N4O3S/c1-22(8-9-22)32(30,31)26-21(29)19-12-25-20-7-5-15(13-28(19)20)27-10-2-3-18(27)16-11-14(23)4-6-17(16)24/h4-7,11-13,18H,2-3,8-10H2,1H3,(H,26,29). The van der Waals surface area contributed by atoms with Gasteiger partial charge in [-0.2, -0.15) is 0 Å². The fourth-order valence-corrected chi connectivity index (χ4v) is 5.45. The van der Waals surface area contributed by atoms with Crippen molar-refractivity contribution >= 4 is 27.3 Å². The molecule has 1 unspecified atom stereocenters. The fourth-order valence-electron chi connectivity index (χ4n) is 4.22. The van der Waals surface area contributed by atoms with Gasteiger partial charge in [0.1, 0.15) is 23.0 Å². The van der Waals surface area contributed by atoms with Crippen LogP contribution in [0.4, 0.5) is 14.5 Å². The molecular weight excluding hydrogens is 438 g/mol. The van der Waals surface area contributed by atoms with Crippen molar-refractivity contribution in [2.45, 2.75) is 43.4 Å². The van der Waals surface area contributed by atoms with Crippen molar-refractivity contribution in [2.24, 2.45) is 0 Å². The van der Waals surface area contributed by atoms with Crippen LogP contribution in [0.2, 0.25) is 0 Å². The summed E-state index contributed by atoms with van der Waals surface area (Å²) >= 11 is 0. The molecule has 1 aliphatic heterocycles. The molecule has 0 radical (unpaired) electrons. The normalized spacial score (nSPS) is 20.0. The minimum atomic E-state index is -3.79. The van der Waals surface area contributed by atoms with E-state index < -0.39 is 32.3 Å². The first kappa shape index (κ1) is 20.9. The number of imidazole rings is 1. The minimum absolute atomic E-state index is 0.0855. The summed E-state index contributed by atoms with van der Waals surface area (Å²) in [5, 5.41) is 0. The lowest BCUT2D eigenvalue weighted by molar-refractivity contribution is 0.0975. The Morgan fingerprint density at radius 2 is 2.00 bits per heavy atom. The maximum Gasteiger partial charge on any atom is 0.283 e. The molecule has 168 valence electrons. The topological polar surface area (TPSA) is 83.8 Å². The average molecular weight is 461 g/mol. The van der Waals surface area contributed by atoms with Crippen LogP contribution in [-0.2, 0) is 10.0 Å². The van der Waals surface area contributed by atoms with Crippen LogP contribution in [0, 0.1) is 11.6 Å². The summed E-state index contributed by atoms with van der Waals surface area (Å²) in [5.74, 6) is -1.72. The van der Waals surface area contributed by atoms with Crippen molar-refractivity contribution in [2.75, 3.05) is 11.4 Å². The molecule has 1 aliphatic carbocycles. The molecule has 0 spiro atoms. The number of benzene rings is 1. The summed E-state index contributed by atoms with van der Waals surface area (Å²) in [6.45, 7) is 2.24. The lowest BCUT2D eigenvalue weighted by Gasteiger charge is -2.27. The Labute approximate surface area is 184 Å². The number of carbonyl (C=O) groups is 1. The average Bonchev–Trinajstić information content (AvgIpc) is 3.16. The van der Waals surface area contributed by atoms with E-state index in [-0.39, 0.29) is 17.3 Å². The highest BCUT2D eigenvalue weighted by atomic mass is 32.2. The van der Waals surface area contributed by atoms with Crippen molar-refractivity contribution in [3.63, 3.8) is 0 Å². The summed E-state index contributed by atoms with van der Waals surface area (Å²) in [4.78, 5) is 18.9. The van der Waals surface area contributed by atoms with Gasteiger partial charge in [-0.15, -0.1) is 0 Å². The molecule has 2 aromatic heterocycles. The molecule has 32 heavy (non-hydrogen) atoms. The monoisotopic (exact) mass is 460 g/mol. The number of aromatic nitrogens is 2. The number of sulfonamides is 1. The zero-order valence-corrected chi connectivity index (χ0v) is 18.2. The maximum atomic E-state index is 14.4. The number of nitrogens with one attached hydrogen (secondary N) is 1. The summed E-state index contributed by atoms with van der Waals surface area (Å²) < 4.78 is 55.9. The van der Waals surface area contributed by atoms with Gasteiger partial charge in [0.05, 0.1) is 22.7 Å². The zero-order valence-electron chi connectivity index (χ0n) is 17.4. The molecule has 1 saturated carbocycles. The molecule has 1 aromatic carbocycles. The fraction of sp³-hybridized carbons (Fsp3) is 0.364. The molecule has 2 fully saturated rings. The highest BCUT2D eigenvalue weighted by molar-refractivity contribution is 7.91. The third-order valence-corrected chi connectivity index (χ3v) is 8.61. The molecule has 2 aliphatic rings. The SMILES string of the molecule is CC1(S(=O)(=O)NC(=O)c2cnc3ccc(N4CCCC4c4cc(F)ccc4F)cn23)CC1. The Morgan fingerprint density at radius 1 is 1.22 bits per heavy atom. The number of amides is 1. The largest absolute Gasteiger partial charge is 0.363 e. The lowest BCUT2D eigenvalue weighted by Crippen LogP contribution is -2.38. The number of nitrogens with zero attached hydrogens (tertiary/aromatic N) is 3. The van der Waals surface area contributed by atoms with Gasteiger partial charge in [0, 0.05) is 18.3 Å². The zero-order chi connectivity index (χ0) is 22.7. The first-order chi connectivity index (χ1) is 15.2. The third kappa shape index (κ3) is 3.42. The van der Waals surface area contributed by atoms with Gasteiger partial charge < -0.3 is 4.90 Å². The van der Waals surface area contributed by atoms with Crippen molar-refractivity contribution in [1.82, 2.24) is 14.1 Å². The molecule has 7 nitrogen and oxygen atoms in total. The van der Waals surface area contributed by atoms with E-state index in [1.165, 1.54) is 16.7 Å². The summed E-state index contributed by atoms with van der Waals surface area (Å²) in [7, 11) is -3.79. The second-order valence-corrected chi connectivity index (χ2v) is 10.9. The van der Waals surface area contributed by atoms with Crippen LogP contribution < -0.4 is 9.62 Å². The van der Waals surface area contributed by atoms with E-state index in [1.54, 1.807) is 19.2 Å². The van der Waals surface area contributed by atoms with Gasteiger partial charge >= 0.3 is 0 Å². The van der Waals surface area contributed by atoms with Gasteiger partial charge in [-0.1, -0.05) is 0 Å². The van der Waals surface area contributed by atoms with E-state index in [4.69, 9.17) is 0 Å². The maximum absolute atomic E-state index is 14.4. The molecule has 1 atom stereocenters. The summed E-state index contributed by atoms with van der Waals surface area (Å²) in [5.41, 5.74) is 1.55. The lowest BCUT2D eigenvalue weighted by atomic mass is 10.0. The van der Waals surface area contributed by atoms with Gasteiger partial charge in [0.25, 0.3) is 5.91 Å². The van der Waals surface area contributed by atoms with E-state index in [9.17, 15) is 22.0 Å². The van der Waals surface area contributed by atoms with Gasteiger partial charge in [0.2, 0.25) is 10.0 Å². The van der Waals surface area contributed by atoms with Crippen LogP contribution in [0.1, 0.15) is 54.7 Å². The Hall–Kier alpha value is -3.01. The molecule has 5 rings (SSSR count). The molecule has 3 aromatic rings. The van der Waals surface area contributed by atoms with Crippen molar-refractivity contribution < 1.29 is 22.0 Å². The molecule has 1 amide bonds. The van der Waals surface area contributed by atoms with Crippen LogP contribution in [0.5, 0.6) is 0 Å². The number of fused-ring (bicyclic) bond motifs is 1. The van der Waals surface area contributed by atoms with E-state index in [1.807, 2.05) is 11.0 Å². The molecule has 0 bridgehead atoms. The highest BCUT2D eigenvalue weighted by Crippen LogP contribution is 2.42. The quantitative estimate of drug-likeness (QED) is 0.630. The van der Waals surface area contributed by atoms with Gasteiger partial charge in [-0.25, -0.2) is 26.9 Å². The summed E-state index contributed by atoms with van der Waals surface area (Å²) in [6, 6.07) is 6.61. The van der Waals surface area contributed by atoms with Crippen LogP contribution >= 0.6 is 0 Å². The minimum Gasteiger partial charge on any atom is -0.363 e. The number of anilines is 1. The van der Waals surface area contributed by atoms with Crippen LogP contribution in [0.15, 0.2) is 42.7 Å². The summed E-state index contributed by atoms with van der Waals surface area (Å²) in [6.07, 6.45) is 5.49. The molecular formula is C22H22F2N4O3S. The van der Waals surface area contributed by atoms with Crippen LogP contribution in [0.3, 0.4) is 0 Å². The predicted molar refractivity (Wildman–Crippen MR) is 115 cm³/mol. The number of rotatable bonds is 5. The Kier molecular flexibility index (Phi) is 4.74. The Balaban J connectivity index is 1.48. The molecule has 3 heterocycles. The predicted octanol–water partition coefficient (Wildman–Crippen LogP) is 3.57. The van der Waals surface area contributed by atoms with Crippen LogP contribution in [0.25, 0.3) is 5.65 Å². The second kappa shape index (κ2) is 7.26. The van der Waals surface area contributed by atoms with E-state index >= 15 is 0 Å². The highest BCUT2D eigenvalue weighted by Gasteiger charge is 2.51. The van der Waals surface area contributed by atoms with Crippen molar-refractivity contribution in [1.29, 1.82) is 0 Å². The van der Waals surface area contributed by atoms with Crippen molar-refractivity contribution in [3.8, 4) is 0 Å². The molecule has 1 N–H and O–H groups in total. The van der Waals surface area contributed by atoms with Crippen molar-refractivity contribution in [3.05, 3.63) is 65.6 Å².